The van der Waals surface area contributed by atoms with E-state index < -0.39 is 5.69 Å². The van der Waals surface area contributed by atoms with E-state index in [-0.39, 0.29) is 6.10 Å². The minimum atomic E-state index is -2.77. The molecule has 0 rings (SSSR count). The second-order valence-electron chi connectivity index (χ2n) is 3.50. The molecule has 2 nitrogen and oxygen atoms in total. The fourth-order valence-corrected chi connectivity index (χ4v) is 2.67. The molecule has 0 bridgehead atoms. The van der Waals surface area contributed by atoms with Crippen molar-refractivity contribution in [3.8, 4) is 0 Å². The van der Waals surface area contributed by atoms with Gasteiger partial charge in [-0.15, -0.1) is 0 Å². The largest absolute Gasteiger partial charge is 0.338 e. The highest BCUT2D eigenvalue weighted by Crippen LogP contribution is 2.49. The molecule has 0 aromatic carbocycles. The average molecular weight is 256 g/mol. The maximum atomic E-state index is 9.35. The van der Waals surface area contributed by atoms with Gasteiger partial charge in [-0.05, 0) is 24.6 Å². The summed E-state index contributed by atoms with van der Waals surface area (Å²) in [5.74, 6) is 0. The fourth-order valence-electron chi connectivity index (χ4n) is 1.31. The molecule has 0 heterocycles. The van der Waals surface area contributed by atoms with Crippen molar-refractivity contribution >= 4 is 29.7 Å². The van der Waals surface area contributed by atoms with E-state index in [1.807, 2.05) is 0 Å². The number of hydrogen-bond donors (Lipinski definition) is 2. The molecule has 5 heteroatoms. The van der Waals surface area contributed by atoms with Crippen LogP contribution in [0.3, 0.4) is 0 Å². The Balaban J connectivity index is 3.90. The zero-order valence-corrected chi connectivity index (χ0v) is 11.6. The van der Waals surface area contributed by atoms with E-state index in [1.165, 1.54) is 0 Å². The Kier molecular flexibility index (Phi) is 8.65. The van der Waals surface area contributed by atoms with E-state index in [2.05, 4.69) is 26.1 Å². The van der Waals surface area contributed by atoms with Gasteiger partial charge in [-0.25, -0.2) is 0 Å². The van der Waals surface area contributed by atoms with Gasteiger partial charge in [0.2, 0.25) is 5.69 Å². The van der Waals surface area contributed by atoms with Crippen LogP contribution >= 0.6 is 17.9 Å². The van der Waals surface area contributed by atoms with Gasteiger partial charge in [0.25, 0.3) is 0 Å². The average Bonchev–Trinajstić information content (AvgIpc) is 2.07. The Bertz CT molecular complexity index is 174. The van der Waals surface area contributed by atoms with Gasteiger partial charge in [-0.2, -0.15) is 0 Å². The highest BCUT2D eigenvalue weighted by Gasteiger charge is 2.15. The summed E-state index contributed by atoms with van der Waals surface area (Å²) in [4.78, 5) is 9.35. The molecule has 0 amide bonds. The lowest BCUT2D eigenvalue weighted by molar-refractivity contribution is 0.181. The highest BCUT2D eigenvalue weighted by atomic mass is 32.9. The summed E-state index contributed by atoms with van der Waals surface area (Å²) in [6.45, 7) is 4.29. The molecular formula is C9H21O2PS2. The molecule has 0 aliphatic heterocycles. The summed E-state index contributed by atoms with van der Waals surface area (Å²) in [5.41, 5.74) is -2.77. The minimum absolute atomic E-state index is 0.100. The third-order valence-corrected chi connectivity index (χ3v) is 3.16. The van der Waals surface area contributed by atoms with E-state index in [1.54, 1.807) is 0 Å². The van der Waals surface area contributed by atoms with Crippen LogP contribution in [0.5, 0.6) is 0 Å². The first-order valence-corrected chi connectivity index (χ1v) is 9.06. The van der Waals surface area contributed by atoms with Crippen molar-refractivity contribution in [2.45, 2.75) is 58.5 Å². The summed E-state index contributed by atoms with van der Waals surface area (Å²) in [6.07, 6.45) is 6.60. The van der Waals surface area contributed by atoms with Crippen LogP contribution in [0.1, 0.15) is 52.4 Å². The zero-order chi connectivity index (χ0) is 11.0. The lowest BCUT2D eigenvalue weighted by Crippen LogP contribution is -2.10. The van der Waals surface area contributed by atoms with Crippen LogP contribution in [0.15, 0.2) is 0 Å². The molecule has 0 saturated heterocycles. The molecule has 0 fully saturated rings. The van der Waals surface area contributed by atoms with Gasteiger partial charge in [0.15, 0.2) is 0 Å². The maximum absolute atomic E-state index is 9.35. The number of rotatable bonds is 8. The van der Waals surface area contributed by atoms with E-state index >= 15 is 0 Å². The van der Waals surface area contributed by atoms with Crippen molar-refractivity contribution in [3.05, 3.63) is 0 Å². The normalized spacial score (nSPS) is 15.8. The summed E-state index contributed by atoms with van der Waals surface area (Å²) < 4.78 is 5.39. The van der Waals surface area contributed by atoms with Gasteiger partial charge in [0.1, 0.15) is 0 Å². The zero-order valence-electron chi connectivity index (χ0n) is 8.98. The summed E-state index contributed by atoms with van der Waals surface area (Å²) in [7, 11) is 0. The van der Waals surface area contributed by atoms with Crippen molar-refractivity contribution in [1.82, 2.24) is 0 Å². The van der Waals surface area contributed by atoms with Gasteiger partial charge in [0.05, 0.1) is 6.10 Å². The molecule has 0 aliphatic carbocycles. The SMILES string of the molecule is CCCCC(CCCC)OP(O)(=S)S. The molecule has 1 unspecified atom stereocenters. The summed E-state index contributed by atoms with van der Waals surface area (Å²) in [5, 5.41) is 0. The van der Waals surface area contributed by atoms with Crippen LogP contribution in [0.4, 0.5) is 0 Å². The molecule has 0 saturated carbocycles. The first kappa shape index (κ1) is 14.9. The molecule has 86 valence electrons. The summed E-state index contributed by atoms with van der Waals surface area (Å²) >= 11 is 8.67. The molecule has 0 spiro atoms. The van der Waals surface area contributed by atoms with Crippen molar-refractivity contribution in [2.75, 3.05) is 0 Å². The van der Waals surface area contributed by atoms with Crippen LogP contribution in [0.25, 0.3) is 0 Å². The first-order valence-electron chi connectivity index (χ1n) is 5.23. The van der Waals surface area contributed by atoms with Crippen LogP contribution < -0.4 is 0 Å². The van der Waals surface area contributed by atoms with Crippen molar-refractivity contribution in [2.24, 2.45) is 0 Å². The molecular weight excluding hydrogens is 235 g/mol. The first-order chi connectivity index (χ1) is 6.49. The van der Waals surface area contributed by atoms with Crippen LogP contribution in [0, 0.1) is 0 Å². The molecule has 14 heavy (non-hydrogen) atoms. The molecule has 0 aromatic rings. The van der Waals surface area contributed by atoms with E-state index in [9.17, 15) is 4.89 Å². The molecule has 1 atom stereocenters. The van der Waals surface area contributed by atoms with Crippen LogP contribution in [-0.2, 0) is 16.3 Å². The quantitative estimate of drug-likeness (QED) is 0.510. The third-order valence-electron chi connectivity index (χ3n) is 2.05. The highest BCUT2D eigenvalue weighted by molar-refractivity contribution is 8.59. The van der Waals surface area contributed by atoms with Crippen LogP contribution in [-0.4, -0.2) is 11.0 Å². The standard InChI is InChI=1S/C9H21O2PS2/c1-3-5-7-9(8-6-4-2)11-12(10,13)14/h9H,3-8H2,1-2H3,(H2,10,13,14). The van der Waals surface area contributed by atoms with Gasteiger partial charge >= 0.3 is 0 Å². The van der Waals surface area contributed by atoms with Crippen molar-refractivity contribution in [1.29, 1.82) is 0 Å². The Morgan fingerprint density at radius 1 is 1.29 bits per heavy atom. The third kappa shape index (κ3) is 9.47. The molecule has 0 aromatic heterocycles. The molecule has 1 N–H and O–H groups in total. The van der Waals surface area contributed by atoms with E-state index in [0.29, 0.717) is 0 Å². The lowest BCUT2D eigenvalue weighted by Gasteiger charge is -2.20. The topological polar surface area (TPSA) is 29.5 Å². The second-order valence-corrected chi connectivity index (χ2v) is 8.62. The van der Waals surface area contributed by atoms with Crippen LogP contribution in [0.2, 0.25) is 0 Å². The van der Waals surface area contributed by atoms with Crippen molar-refractivity contribution < 1.29 is 9.42 Å². The Labute approximate surface area is 97.8 Å². The van der Waals surface area contributed by atoms with Gasteiger partial charge in [-0.3, -0.25) is 0 Å². The monoisotopic (exact) mass is 256 g/mol. The Morgan fingerprint density at radius 3 is 2.00 bits per heavy atom. The summed E-state index contributed by atoms with van der Waals surface area (Å²) in [6, 6.07) is 0. The van der Waals surface area contributed by atoms with Gasteiger partial charge in [-0.1, -0.05) is 51.8 Å². The smallest absolute Gasteiger partial charge is 0.241 e. The van der Waals surface area contributed by atoms with E-state index in [0.717, 1.165) is 38.5 Å². The fraction of sp³-hybridized carbons (Fsp3) is 1.00. The molecule has 0 aliphatic rings. The predicted molar refractivity (Wildman–Crippen MR) is 69.4 cm³/mol. The lowest BCUT2D eigenvalue weighted by atomic mass is 10.1. The Hall–Kier alpha value is 0.920. The second kappa shape index (κ2) is 8.12. The van der Waals surface area contributed by atoms with Gasteiger partial charge in [0, 0.05) is 0 Å². The minimum Gasteiger partial charge on any atom is -0.338 e. The van der Waals surface area contributed by atoms with Crippen molar-refractivity contribution in [3.63, 3.8) is 0 Å². The number of thiol groups is 1. The molecule has 0 radical (unpaired) electrons. The van der Waals surface area contributed by atoms with E-state index in [4.69, 9.17) is 16.3 Å². The Morgan fingerprint density at radius 2 is 1.71 bits per heavy atom. The predicted octanol–water partition coefficient (Wildman–Crippen LogP) is 3.90. The number of unbranched alkanes of at least 4 members (excludes halogenated alkanes) is 2. The maximum Gasteiger partial charge on any atom is 0.241 e. The van der Waals surface area contributed by atoms with Gasteiger partial charge < -0.3 is 9.42 Å². The number of hydrogen-bond acceptors (Lipinski definition) is 2.